The van der Waals surface area contributed by atoms with E-state index in [1.165, 1.54) is 4.90 Å². The van der Waals surface area contributed by atoms with E-state index < -0.39 is 6.09 Å². The Balaban J connectivity index is 3.95. The van der Waals surface area contributed by atoms with Crippen molar-refractivity contribution in [3.8, 4) is 0 Å². The Bertz CT molecular complexity index is 226. The summed E-state index contributed by atoms with van der Waals surface area (Å²) in [5.74, 6) is 0. The summed E-state index contributed by atoms with van der Waals surface area (Å²) < 4.78 is 0. The molecule has 0 radical (unpaired) electrons. The molecule has 0 aliphatic heterocycles. The molecule has 5 heteroatoms. The van der Waals surface area contributed by atoms with Crippen molar-refractivity contribution in [3.05, 3.63) is 0 Å². The third kappa shape index (κ3) is 7.18. The van der Waals surface area contributed by atoms with Gasteiger partial charge in [-0.2, -0.15) is 0 Å². The van der Waals surface area contributed by atoms with Crippen molar-refractivity contribution >= 4 is 6.09 Å². The molecule has 0 aliphatic rings. The SMILES string of the molecule is CN(CCCN)CCCN(C(=O)O)C(C)(C)C. The van der Waals surface area contributed by atoms with Gasteiger partial charge in [0.25, 0.3) is 0 Å². The largest absolute Gasteiger partial charge is 0.465 e. The number of nitrogens with two attached hydrogens (primary N) is 1. The fraction of sp³-hybridized carbons (Fsp3) is 0.917. The van der Waals surface area contributed by atoms with Crippen LogP contribution in [0.3, 0.4) is 0 Å². The molecule has 0 rings (SSSR count). The molecule has 0 fully saturated rings. The number of nitrogens with zero attached hydrogens (tertiary/aromatic N) is 2. The zero-order chi connectivity index (χ0) is 13.5. The van der Waals surface area contributed by atoms with Gasteiger partial charge in [-0.25, -0.2) is 4.79 Å². The number of hydrogen-bond acceptors (Lipinski definition) is 3. The van der Waals surface area contributed by atoms with Crippen molar-refractivity contribution in [2.75, 3.05) is 33.2 Å². The van der Waals surface area contributed by atoms with Crippen molar-refractivity contribution < 1.29 is 9.90 Å². The molecular weight excluding hydrogens is 218 g/mol. The van der Waals surface area contributed by atoms with Crippen molar-refractivity contribution in [2.45, 2.75) is 39.2 Å². The van der Waals surface area contributed by atoms with E-state index in [-0.39, 0.29) is 5.54 Å². The minimum atomic E-state index is -0.845. The molecule has 17 heavy (non-hydrogen) atoms. The van der Waals surface area contributed by atoms with Gasteiger partial charge in [0, 0.05) is 12.1 Å². The second-order valence-electron chi connectivity index (χ2n) is 5.40. The normalized spacial score (nSPS) is 11.9. The lowest BCUT2D eigenvalue weighted by Gasteiger charge is -2.33. The summed E-state index contributed by atoms with van der Waals surface area (Å²) in [6.07, 6.45) is 0.991. The first-order chi connectivity index (χ1) is 7.79. The lowest BCUT2D eigenvalue weighted by molar-refractivity contribution is 0.0973. The summed E-state index contributed by atoms with van der Waals surface area (Å²) in [6, 6.07) is 0. The van der Waals surface area contributed by atoms with Gasteiger partial charge in [0.1, 0.15) is 0 Å². The van der Waals surface area contributed by atoms with E-state index in [1.807, 2.05) is 27.8 Å². The van der Waals surface area contributed by atoms with Crippen LogP contribution in [-0.4, -0.2) is 59.8 Å². The molecule has 0 aromatic heterocycles. The maximum atomic E-state index is 11.1. The maximum Gasteiger partial charge on any atom is 0.407 e. The van der Waals surface area contributed by atoms with E-state index >= 15 is 0 Å². The molecule has 0 aromatic rings. The van der Waals surface area contributed by atoms with Gasteiger partial charge in [-0.3, -0.25) is 0 Å². The number of amides is 1. The second-order valence-corrected chi connectivity index (χ2v) is 5.40. The van der Waals surface area contributed by atoms with Gasteiger partial charge in [-0.05, 0) is 60.3 Å². The van der Waals surface area contributed by atoms with Gasteiger partial charge >= 0.3 is 6.09 Å². The molecule has 5 nitrogen and oxygen atoms in total. The number of carboxylic acid groups (broad SMARTS) is 1. The Labute approximate surface area is 105 Å². The first-order valence-electron chi connectivity index (χ1n) is 6.18. The highest BCUT2D eigenvalue weighted by molar-refractivity contribution is 5.65. The molecule has 3 N–H and O–H groups in total. The van der Waals surface area contributed by atoms with E-state index in [9.17, 15) is 4.79 Å². The highest BCUT2D eigenvalue weighted by Crippen LogP contribution is 2.13. The van der Waals surface area contributed by atoms with Crippen LogP contribution in [0.2, 0.25) is 0 Å². The van der Waals surface area contributed by atoms with Crippen LogP contribution in [-0.2, 0) is 0 Å². The first-order valence-corrected chi connectivity index (χ1v) is 6.18. The lowest BCUT2D eigenvalue weighted by atomic mass is 10.1. The zero-order valence-corrected chi connectivity index (χ0v) is 11.6. The van der Waals surface area contributed by atoms with Gasteiger partial charge in [-0.15, -0.1) is 0 Å². The molecule has 0 atom stereocenters. The Hall–Kier alpha value is -0.810. The Morgan fingerprint density at radius 1 is 1.18 bits per heavy atom. The quantitative estimate of drug-likeness (QED) is 0.712. The molecule has 0 saturated heterocycles. The Morgan fingerprint density at radius 3 is 2.12 bits per heavy atom. The Kier molecular flexibility index (Phi) is 7.15. The van der Waals surface area contributed by atoms with Gasteiger partial charge in [0.05, 0.1) is 0 Å². The van der Waals surface area contributed by atoms with Crippen molar-refractivity contribution in [1.29, 1.82) is 0 Å². The molecule has 0 heterocycles. The molecule has 0 aliphatic carbocycles. The summed E-state index contributed by atoms with van der Waals surface area (Å²) in [4.78, 5) is 14.8. The number of rotatable bonds is 7. The summed E-state index contributed by atoms with van der Waals surface area (Å²) in [5, 5.41) is 9.11. The lowest BCUT2D eigenvalue weighted by Crippen LogP contribution is -2.46. The average molecular weight is 245 g/mol. The topological polar surface area (TPSA) is 69.8 Å². The highest BCUT2D eigenvalue weighted by atomic mass is 16.4. The summed E-state index contributed by atoms with van der Waals surface area (Å²) in [7, 11) is 2.04. The fourth-order valence-corrected chi connectivity index (χ4v) is 1.69. The van der Waals surface area contributed by atoms with E-state index in [0.717, 1.165) is 25.9 Å². The van der Waals surface area contributed by atoms with Crippen molar-refractivity contribution in [2.24, 2.45) is 5.73 Å². The van der Waals surface area contributed by atoms with Crippen LogP contribution in [0.5, 0.6) is 0 Å². The van der Waals surface area contributed by atoms with Gasteiger partial charge in [0.2, 0.25) is 0 Å². The van der Waals surface area contributed by atoms with E-state index in [2.05, 4.69) is 4.90 Å². The van der Waals surface area contributed by atoms with Crippen LogP contribution in [0.25, 0.3) is 0 Å². The van der Waals surface area contributed by atoms with Crippen LogP contribution in [0.15, 0.2) is 0 Å². The monoisotopic (exact) mass is 245 g/mol. The fourth-order valence-electron chi connectivity index (χ4n) is 1.69. The summed E-state index contributed by atoms with van der Waals surface area (Å²) in [5.41, 5.74) is 5.11. The van der Waals surface area contributed by atoms with Crippen LogP contribution in [0, 0.1) is 0 Å². The molecule has 0 saturated carbocycles. The van der Waals surface area contributed by atoms with E-state index in [0.29, 0.717) is 13.1 Å². The predicted octanol–water partition coefficient (Wildman–Crippen LogP) is 1.44. The zero-order valence-electron chi connectivity index (χ0n) is 11.6. The van der Waals surface area contributed by atoms with Crippen molar-refractivity contribution in [1.82, 2.24) is 9.80 Å². The average Bonchev–Trinajstić information content (AvgIpc) is 2.18. The molecule has 1 amide bonds. The van der Waals surface area contributed by atoms with Crippen molar-refractivity contribution in [3.63, 3.8) is 0 Å². The summed E-state index contributed by atoms with van der Waals surface area (Å²) >= 11 is 0. The van der Waals surface area contributed by atoms with Gasteiger partial charge in [-0.1, -0.05) is 0 Å². The molecule has 0 aromatic carbocycles. The maximum absolute atomic E-state index is 11.1. The predicted molar refractivity (Wildman–Crippen MR) is 70.3 cm³/mol. The smallest absolute Gasteiger partial charge is 0.407 e. The van der Waals surface area contributed by atoms with Crippen LogP contribution < -0.4 is 5.73 Å². The van der Waals surface area contributed by atoms with Gasteiger partial charge < -0.3 is 20.6 Å². The third-order valence-corrected chi connectivity index (χ3v) is 2.71. The molecule has 0 bridgehead atoms. The first kappa shape index (κ1) is 16.2. The van der Waals surface area contributed by atoms with Gasteiger partial charge in [0.15, 0.2) is 0 Å². The number of carbonyl (C=O) groups is 1. The molecular formula is C12H27N3O2. The standard InChI is InChI=1S/C12H27N3O2/c1-12(2,3)15(11(16)17)10-6-9-14(4)8-5-7-13/h5-10,13H2,1-4H3,(H,16,17). The minimum Gasteiger partial charge on any atom is -0.465 e. The summed E-state index contributed by atoms with van der Waals surface area (Å²) in [6.45, 7) is 8.90. The molecule has 102 valence electrons. The number of hydrogen-bond donors (Lipinski definition) is 2. The molecule has 0 spiro atoms. The third-order valence-electron chi connectivity index (χ3n) is 2.71. The van der Waals surface area contributed by atoms with E-state index in [1.54, 1.807) is 0 Å². The minimum absolute atomic E-state index is 0.332. The highest BCUT2D eigenvalue weighted by Gasteiger charge is 2.25. The van der Waals surface area contributed by atoms with E-state index in [4.69, 9.17) is 10.8 Å². The molecule has 0 unspecified atom stereocenters. The van der Waals surface area contributed by atoms with Crippen LogP contribution in [0.4, 0.5) is 4.79 Å². The van der Waals surface area contributed by atoms with Crippen LogP contribution in [0.1, 0.15) is 33.6 Å². The van der Waals surface area contributed by atoms with Crippen LogP contribution >= 0.6 is 0 Å². The second kappa shape index (κ2) is 7.50. The Morgan fingerprint density at radius 2 is 1.71 bits per heavy atom.